The van der Waals surface area contributed by atoms with E-state index in [-0.39, 0.29) is 28.2 Å². The first-order valence-electron chi connectivity index (χ1n) is 9.36. The molecule has 1 heterocycles. The first-order valence-corrected chi connectivity index (χ1v) is 10.1. The smallest absolute Gasteiger partial charge is 0.205 e. The summed E-state index contributed by atoms with van der Waals surface area (Å²) in [7, 11) is 1.47. The minimum atomic E-state index is -0.755. The van der Waals surface area contributed by atoms with E-state index in [9.17, 15) is 10.1 Å². The molecule has 1 aliphatic carbocycles. The predicted octanol–water partition coefficient (Wildman–Crippen LogP) is 5.21. The monoisotopic (exact) mass is 440 g/mol. The minimum absolute atomic E-state index is 0.0269. The van der Waals surface area contributed by atoms with Gasteiger partial charge < -0.3 is 15.2 Å². The van der Waals surface area contributed by atoms with Gasteiger partial charge in [0.15, 0.2) is 5.78 Å². The maximum atomic E-state index is 13.3. The third-order valence-corrected chi connectivity index (χ3v) is 5.98. The topological polar surface area (TPSA) is 85.3 Å². The van der Waals surface area contributed by atoms with Gasteiger partial charge in [-0.1, -0.05) is 53.5 Å². The summed E-state index contributed by atoms with van der Waals surface area (Å²) in [6, 6.07) is 15.1. The van der Waals surface area contributed by atoms with Crippen molar-refractivity contribution in [2.24, 2.45) is 5.73 Å². The van der Waals surface area contributed by atoms with Crippen LogP contribution in [-0.4, -0.2) is 12.9 Å². The largest absolute Gasteiger partial charge is 0.495 e. The highest BCUT2D eigenvalue weighted by Gasteiger charge is 2.42. The van der Waals surface area contributed by atoms with Crippen molar-refractivity contribution in [2.45, 2.75) is 24.7 Å². The number of allylic oxidation sites excluding steroid dienone is 3. The highest BCUT2D eigenvalue weighted by molar-refractivity contribution is 6.35. The number of halogens is 2. The fraction of sp³-hybridized carbons (Fsp3) is 0.217. The molecular formula is C23H18Cl2N2O3. The molecule has 7 heteroatoms. The number of nitrogens with zero attached hydrogens (tertiary/aromatic N) is 1. The number of nitriles is 1. The van der Waals surface area contributed by atoms with Crippen LogP contribution in [0, 0.1) is 11.3 Å². The average Bonchev–Trinajstić information content (AvgIpc) is 2.72. The molecule has 1 aliphatic heterocycles. The Balaban J connectivity index is 1.87. The van der Waals surface area contributed by atoms with Crippen molar-refractivity contribution < 1.29 is 14.3 Å². The zero-order valence-corrected chi connectivity index (χ0v) is 17.6. The van der Waals surface area contributed by atoms with E-state index in [2.05, 4.69) is 6.07 Å². The van der Waals surface area contributed by atoms with Crippen molar-refractivity contribution in [1.29, 1.82) is 5.26 Å². The number of rotatable bonds is 3. The molecule has 0 unspecified atom stereocenters. The molecule has 0 fully saturated rings. The Morgan fingerprint density at radius 1 is 1.20 bits per heavy atom. The molecule has 0 saturated carbocycles. The number of ether oxygens (including phenoxy) is 2. The Bertz CT molecular complexity index is 1130. The second-order valence-electron chi connectivity index (χ2n) is 7.21. The van der Waals surface area contributed by atoms with Gasteiger partial charge in [-0.15, -0.1) is 0 Å². The van der Waals surface area contributed by atoms with Gasteiger partial charge in [0.05, 0.1) is 18.1 Å². The van der Waals surface area contributed by atoms with Gasteiger partial charge in [-0.25, -0.2) is 0 Å². The van der Waals surface area contributed by atoms with Gasteiger partial charge in [0.25, 0.3) is 0 Å². The van der Waals surface area contributed by atoms with E-state index in [1.165, 1.54) is 7.11 Å². The summed E-state index contributed by atoms with van der Waals surface area (Å²) in [5.41, 5.74) is 8.21. The Kier molecular flexibility index (Phi) is 5.46. The fourth-order valence-corrected chi connectivity index (χ4v) is 4.78. The molecule has 0 radical (unpaired) electrons. The SMILES string of the molecule is COc1c(Cl)cc(Cl)cc1[C@@H]1C(C#N)=C(N)OC2=C1C(=O)C[C@H](c1ccccc1)C2. The fourth-order valence-electron chi connectivity index (χ4n) is 4.19. The molecule has 4 rings (SSSR count). The molecule has 0 spiro atoms. The third kappa shape index (κ3) is 3.43. The van der Waals surface area contributed by atoms with E-state index >= 15 is 0 Å². The summed E-state index contributed by atoms with van der Waals surface area (Å²) in [5.74, 6) is -0.0963. The van der Waals surface area contributed by atoms with Crippen molar-refractivity contribution in [3.63, 3.8) is 0 Å². The van der Waals surface area contributed by atoms with Crippen molar-refractivity contribution >= 4 is 29.0 Å². The molecule has 2 N–H and O–H groups in total. The zero-order valence-electron chi connectivity index (χ0n) is 16.1. The molecule has 2 aromatic carbocycles. The summed E-state index contributed by atoms with van der Waals surface area (Å²) in [6.45, 7) is 0. The van der Waals surface area contributed by atoms with Gasteiger partial charge in [0.2, 0.25) is 5.88 Å². The summed E-state index contributed by atoms with van der Waals surface area (Å²) in [4.78, 5) is 13.3. The summed E-state index contributed by atoms with van der Waals surface area (Å²) in [6.07, 6.45) is 0.801. The third-order valence-electron chi connectivity index (χ3n) is 5.48. The Hall–Kier alpha value is -2.94. The lowest BCUT2D eigenvalue weighted by Crippen LogP contribution is -2.30. The van der Waals surface area contributed by atoms with Gasteiger partial charge in [-0.2, -0.15) is 5.26 Å². The van der Waals surface area contributed by atoms with Crippen molar-refractivity contribution in [1.82, 2.24) is 0 Å². The number of nitrogens with two attached hydrogens (primary N) is 1. The quantitative estimate of drug-likeness (QED) is 0.707. The zero-order chi connectivity index (χ0) is 21.4. The Labute approximate surface area is 184 Å². The molecule has 152 valence electrons. The lowest BCUT2D eigenvalue weighted by Gasteiger charge is -2.34. The summed E-state index contributed by atoms with van der Waals surface area (Å²) in [5, 5.41) is 10.4. The van der Waals surface area contributed by atoms with Crippen molar-refractivity contribution in [3.8, 4) is 11.8 Å². The van der Waals surface area contributed by atoms with Gasteiger partial charge >= 0.3 is 0 Å². The van der Waals surface area contributed by atoms with E-state index in [1.807, 2.05) is 30.3 Å². The summed E-state index contributed by atoms with van der Waals surface area (Å²) >= 11 is 12.6. The van der Waals surface area contributed by atoms with Crippen LogP contribution in [0.4, 0.5) is 0 Å². The second kappa shape index (κ2) is 8.06. The molecule has 2 aromatic rings. The number of Topliss-reactive ketones (excluding diaryl/α,β-unsaturated/α-hetero) is 1. The van der Waals surface area contributed by atoms with E-state index in [0.717, 1.165) is 5.56 Å². The molecule has 2 aliphatic rings. The van der Waals surface area contributed by atoms with E-state index in [0.29, 0.717) is 40.5 Å². The van der Waals surface area contributed by atoms with Crippen LogP contribution in [0.25, 0.3) is 0 Å². The van der Waals surface area contributed by atoms with Crippen molar-refractivity contribution in [2.75, 3.05) is 7.11 Å². The van der Waals surface area contributed by atoms with Crippen LogP contribution in [-0.2, 0) is 9.53 Å². The average molecular weight is 441 g/mol. The highest BCUT2D eigenvalue weighted by atomic mass is 35.5. The van der Waals surface area contributed by atoms with Crippen LogP contribution in [0.5, 0.6) is 5.75 Å². The number of methoxy groups -OCH3 is 1. The number of carbonyl (C=O) groups excluding carboxylic acids is 1. The maximum Gasteiger partial charge on any atom is 0.205 e. The van der Waals surface area contributed by atoms with Gasteiger partial charge in [-0.3, -0.25) is 4.79 Å². The normalized spacial score (nSPS) is 21.1. The molecule has 5 nitrogen and oxygen atoms in total. The molecule has 0 saturated heterocycles. The second-order valence-corrected chi connectivity index (χ2v) is 8.05. The van der Waals surface area contributed by atoms with Crippen molar-refractivity contribution in [3.05, 3.63) is 86.4 Å². The molecule has 2 atom stereocenters. The summed E-state index contributed by atoms with van der Waals surface area (Å²) < 4.78 is 11.3. The first-order chi connectivity index (χ1) is 14.4. The number of hydrogen-bond acceptors (Lipinski definition) is 5. The van der Waals surface area contributed by atoms with Crippen LogP contribution < -0.4 is 10.5 Å². The van der Waals surface area contributed by atoms with Crippen LogP contribution >= 0.6 is 23.2 Å². The first kappa shape index (κ1) is 20.3. The van der Waals surface area contributed by atoms with Crippen LogP contribution in [0.3, 0.4) is 0 Å². The standard InChI is InChI=1S/C23H18Cl2N2O3/c1-29-22-15(9-14(24)10-17(22)25)20-16(11-26)23(27)30-19-8-13(7-18(28)21(19)20)12-5-3-2-4-6-12/h2-6,9-10,13,20H,7-8,27H2,1H3/t13-,20+/m0/s1. The van der Waals surface area contributed by atoms with Gasteiger partial charge in [0.1, 0.15) is 23.2 Å². The van der Waals surface area contributed by atoms with Crippen LogP contribution in [0.2, 0.25) is 10.0 Å². The molecule has 30 heavy (non-hydrogen) atoms. The predicted molar refractivity (Wildman–Crippen MR) is 114 cm³/mol. The maximum absolute atomic E-state index is 13.3. The Morgan fingerprint density at radius 3 is 2.60 bits per heavy atom. The van der Waals surface area contributed by atoms with Gasteiger partial charge in [-0.05, 0) is 23.6 Å². The number of carbonyl (C=O) groups is 1. The lowest BCUT2D eigenvalue weighted by atomic mass is 9.73. The number of hydrogen-bond donors (Lipinski definition) is 1. The molecule has 0 amide bonds. The van der Waals surface area contributed by atoms with Crippen LogP contribution in [0.15, 0.2) is 65.3 Å². The molecular weight excluding hydrogens is 423 g/mol. The minimum Gasteiger partial charge on any atom is -0.495 e. The van der Waals surface area contributed by atoms with Crippen LogP contribution in [0.1, 0.15) is 35.8 Å². The number of ketones is 1. The van der Waals surface area contributed by atoms with E-state index in [1.54, 1.807) is 12.1 Å². The number of benzene rings is 2. The lowest BCUT2D eigenvalue weighted by molar-refractivity contribution is -0.117. The van der Waals surface area contributed by atoms with E-state index in [4.69, 9.17) is 38.4 Å². The van der Waals surface area contributed by atoms with Gasteiger partial charge in [0, 0.05) is 29.0 Å². The highest BCUT2D eigenvalue weighted by Crippen LogP contribution is 2.50. The van der Waals surface area contributed by atoms with E-state index < -0.39 is 5.92 Å². The molecule has 0 bridgehead atoms. The molecule has 0 aromatic heterocycles. The Morgan fingerprint density at radius 2 is 1.93 bits per heavy atom.